The number of fused-ring (bicyclic) bond motifs is 1. The predicted molar refractivity (Wildman–Crippen MR) is 98.1 cm³/mol. The summed E-state index contributed by atoms with van der Waals surface area (Å²) in [4.78, 5) is 12.3. The summed E-state index contributed by atoms with van der Waals surface area (Å²) in [6, 6.07) is 14.9. The molecule has 6 nitrogen and oxygen atoms in total. The van der Waals surface area contributed by atoms with Crippen molar-refractivity contribution in [1.29, 1.82) is 0 Å². The van der Waals surface area contributed by atoms with E-state index >= 15 is 0 Å². The van der Waals surface area contributed by atoms with E-state index in [2.05, 4.69) is 5.32 Å². The number of methoxy groups -OCH3 is 1. The maximum Gasteiger partial charge on any atom is 0.475 e. The van der Waals surface area contributed by atoms with E-state index in [0.717, 1.165) is 22.6 Å². The Hall–Kier alpha value is -2.51. The molecule has 0 bridgehead atoms. The number of para-hydroxylation sites is 1. The van der Waals surface area contributed by atoms with Gasteiger partial charge in [-0.05, 0) is 30.2 Å². The summed E-state index contributed by atoms with van der Waals surface area (Å²) in [5.74, 6) is 0.520. The van der Waals surface area contributed by atoms with Crippen molar-refractivity contribution in [3.05, 3.63) is 59.7 Å². The maximum atomic E-state index is 12.3. The zero-order valence-corrected chi connectivity index (χ0v) is 14.6. The average Bonchev–Trinajstić information content (AvgIpc) is 3.05. The van der Waals surface area contributed by atoms with Crippen molar-refractivity contribution in [2.45, 2.75) is 24.7 Å². The lowest BCUT2D eigenvalue weighted by Gasteiger charge is -2.21. The van der Waals surface area contributed by atoms with E-state index in [1.165, 1.54) is 0 Å². The number of rotatable bonds is 7. The van der Waals surface area contributed by atoms with Gasteiger partial charge in [-0.3, -0.25) is 4.79 Å². The van der Waals surface area contributed by atoms with Gasteiger partial charge in [0.25, 0.3) is 0 Å². The van der Waals surface area contributed by atoms with Crippen LogP contribution in [0.2, 0.25) is 0 Å². The van der Waals surface area contributed by atoms with Gasteiger partial charge < -0.3 is 24.8 Å². The molecule has 136 valence electrons. The monoisotopic (exact) mass is 355 g/mol. The van der Waals surface area contributed by atoms with Crippen molar-refractivity contribution >= 4 is 13.0 Å². The van der Waals surface area contributed by atoms with Crippen molar-refractivity contribution in [3.63, 3.8) is 0 Å². The van der Waals surface area contributed by atoms with Crippen LogP contribution in [-0.4, -0.2) is 42.7 Å². The van der Waals surface area contributed by atoms with Crippen LogP contribution in [0, 0.1) is 0 Å². The zero-order chi connectivity index (χ0) is 18.5. The second-order valence-corrected chi connectivity index (χ2v) is 6.39. The van der Waals surface area contributed by atoms with Gasteiger partial charge >= 0.3 is 7.12 Å². The second-order valence-electron chi connectivity index (χ2n) is 6.39. The molecule has 0 saturated heterocycles. The Kier molecular flexibility index (Phi) is 5.80. The first-order chi connectivity index (χ1) is 12.6. The molecule has 1 amide bonds. The highest BCUT2D eigenvalue weighted by Gasteiger charge is 2.32. The highest BCUT2D eigenvalue weighted by atomic mass is 16.5. The van der Waals surface area contributed by atoms with Gasteiger partial charge in [0.2, 0.25) is 5.91 Å². The SMILES string of the molecule is COc1ccc(CC(=O)N[C@@H](CC2COc3ccccc32)B(O)O)cc1. The average molecular weight is 355 g/mol. The van der Waals surface area contributed by atoms with Crippen molar-refractivity contribution in [2.24, 2.45) is 0 Å². The minimum absolute atomic E-state index is 0.0132. The van der Waals surface area contributed by atoms with Crippen LogP contribution in [0.3, 0.4) is 0 Å². The van der Waals surface area contributed by atoms with Gasteiger partial charge in [0, 0.05) is 11.5 Å². The molecule has 2 aromatic rings. The Morgan fingerprint density at radius 3 is 2.69 bits per heavy atom. The van der Waals surface area contributed by atoms with Gasteiger partial charge in [-0.2, -0.15) is 0 Å². The quantitative estimate of drug-likeness (QED) is 0.652. The van der Waals surface area contributed by atoms with E-state index in [-0.39, 0.29) is 18.2 Å². The number of hydrogen-bond donors (Lipinski definition) is 3. The summed E-state index contributed by atoms with van der Waals surface area (Å²) >= 11 is 0. The topological polar surface area (TPSA) is 88.0 Å². The third-order valence-corrected chi connectivity index (χ3v) is 4.57. The summed E-state index contributed by atoms with van der Waals surface area (Å²) in [5.41, 5.74) is 1.85. The molecule has 0 radical (unpaired) electrons. The van der Waals surface area contributed by atoms with Gasteiger partial charge in [0.15, 0.2) is 0 Å². The summed E-state index contributed by atoms with van der Waals surface area (Å²) < 4.78 is 10.7. The van der Waals surface area contributed by atoms with Gasteiger partial charge in [-0.25, -0.2) is 0 Å². The molecule has 0 spiro atoms. The van der Waals surface area contributed by atoms with Gasteiger partial charge in [-0.1, -0.05) is 30.3 Å². The summed E-state index contributed by atoms with van der Waals surface area (Å²) in [6.45, 7) is 0.469. The third-order valence-electron chi connectivity index (χ3n) is 4.57. The highest BCUT2D eigenvalue weighted by Crippen LogP contribution is 2.36. The molecule has 0 saturated carbocycles. The van der Waals surface area contributed by atoms with Crippen LogP contribution in [-0.2, 0) is 11.2 Å². The van der Waals surface area contributed by atoms with Crippen LogP contribution in [0.15, 0.2) is 48.5 Å². The minimum atomic E-state index is -1.64. The standard InChI is InChI=1S/C19H22BNO5/c1-25-15-8-6-13(7-9-15)10-19(22)21-18(20(23)24)11-14-12-26-17-5-3-2-4-16(14)17/h2-9,14,18,23-24H,10-12H2,1H3,(H,21,22)/t14?,18-/m0/s1. The zero-order valence-electron chi connectivity index (χ0n) is 14.6. The minimum Gasteiger partial charge on any atom is -0.497 e. The second kappa shape index (κ2) is 8.25. The first kappa shape index (κ1) is 18.3. The van der Waals surface area contributed by atoms with Crippen LogP contribution in [0.4, 0.5) is 0 Å². The lowest BCUT2D eigenvalue weighted by molar-refractivity contribution is -0.120. The molecular weight excluding hydrogens is 333 g/mol. The van der Waals surface area contributed by atoms with Crippen molar-refractivity contribution in [3.8, 4) is 11.5 Å². The van der Waals surface area contributed by atoms with Crippen molar-refractivity contribution in [1.82, 2.24) is 5.32 Å². The molecule has 2 atom stereocenters. The first-order valence-corrected chi connectivity index (χ1v) is 8.57. The molecule has 3 rings (SSSR count). The Balaban J connectivity index is 1.60. The van der Waals surface area contributed by atoms with E-state index < -0.39 is 13.1 Å². The normalized spacial score (nSPS) is 16.3. The number of carbonyl (C=O) groups is 1. The fourth-order valence-electron chi connectivity index (χ4n) is 3.17. The predicted octanol–water partition coefficient (Wildman–Crippen LogP) is 1.30. The number of carbonyl (C=O) groups excluding carboxylic acids is 1. The van der Waals surface area contributed by atoms with E-state index in [1.807, 2.05) is 36.4 Å². The molecule has 3 N–H and O–H groups in total. The fraction of sp³-hybridized carbons (Fsp3) is 0.316. The van der Waals surface area contributed by atoms with Gasteiger partial charge in [0.1, 0.15) is 11.5 Å². The first-order valence-electron chi connectivity index (χ1n) is 8.57. The molecule has 2 aromatic carbocycles. The highest BCUT2D eigenvalue weighted by molar-refractivity contribution is 6.43. The van der Waals surface area contributed by atoms with Crippen LogP contribution in [0.25, 0.3) is 0 Å². The van der Waals surface area contributed by atoms with Crippen molar-refractivity contribution < 1.29 is 24.3 Å². The summed E-state index contributed by atoms with van der Waals surface area (Å²) in [5, 5.41) is 22.1. The molecular formula is C19H22BNO5. The van der Waals surface area contributed by atoms with E-state index in [1.54, 1.807) is 19.2 Å². The molecule has 26 heavy (non-hydrogen) atoms. The molecule has 0 aromatic heterocycles. The van der Waals surface area contributed by atoms with Crippen LogP contribution >= 0.6 is 0 Å². The largest absolute Gasteiger partial charge is 0.497 e. The van der Waals surface area contributed by atoms with Crippen LogP contribution in [0.5, 0.6) is 11.5 Å². The molecule has 0 fully saturated rings. The molecule has 1 aliphatic rings. The van der Waals surface area contributed by atoms with Crippen molar-refractivity contribution in [2.75, 3.05) is 13.7 Å². The van der Waals surface area contributed by atoms with E-state index in [4.69, 9.17) is 9.47 Å². The summed E-state index contributed by atoms with van der Waals surface area (Å²) in [7, 11) is -0.0533. The number of benzene rings is 2. The molecule has 0 aliphatic carbocycles. The van der Waals surface area contributed by atoms with Gasteiger partial charge in [0.05, 0.1) is 26.1 Å². The lowest BCUT2D eigenvalue weighted by Crippen LogP contribution is -2.47. The molecule has 1 aliphatic heterocycles. The summed E-state index contributed by atoms with van der Waals surface area (Å²) in [6.07, 6.45) is 0.550. The Morgan fingerprint density at radius 2 is 2.00 bits per heavy atom. The fourth-order valence-corrected chi connectivity index (χ4v) is 3.17. The Labute approximate surface area is 152 Å². The smallest absolute Gasteiger partial charge is 0.475 e. The van der Waals surface area contributed by atoms with Gasteiger partial charge in [-0.15, -0.1) is 0 Å². The number of amides is 1. The van der Waals surface area contributed by atoms with Crippen LogP contribution < -0.4 is 14.8 Å². The van der Waals surface area contributed by atoms with E-state index in [9.17, 15) is 14.8 Å². The Bertz CT molecular complexity index is 750. The van der Waals surface area contributed by atoms with E-state index in [0.29, 0.717) is 13.0 Å². The lowest BCUT2D eigenvalue weighted by atomic mass is 9.73. The number of nitrogens with one attached hydrogen (secondary N) is 1. The molecule has 1 heterocycles. The third kappa shape index (κ3) is 4.36. The number of hydrogen-bond acceptors (Lipinski definition) is 5. The number of ether oxygens (including phenoxy) is 2. The molecule has 1 unspecified atom stereocenters. The van der Waals surface area contributed by atoms with Crippen LogP contribution in [0.1, 0.15) is 23.5 Å². The Morgan fingerprint density at radius 1 is 1.27 bits per heavy atom. The maximum absolute atomic E-state index is 12.3. The molecule has 7 heteroatoms.